The molecule has 0 aliphatic rings. The fourth-order valence-electron chi connectivity index (χ4n) is 3.23. The summed E-state index contributed by atoms with van der Waals surface area (Å²) in [6.45, 7) is 4.31. The van der Waals surface area contributed by atoms with E-state index >= 15 is 0 Å². The predicted molar refractivity (Wildman–Crippen MR) is 118 cm³/mol. The molecule has 0 spiro atoms. The van der Waals surface area contributed by atoms with Crippen molar-refractivity contribution in [2.45, 2.75) is 20.4 Å². The lowest BCUT2D eigenvalue weighted by Gasteiger charge is -2.09. The second-order valence-electron chi connectivity index (χ2n) is 7.17. The molecule has 0 bridgehead atoms. The van der Waals surface area contributed by atoms with Crippen molar-refractivity contribution in [3.63, 3.8) is 0 Å². The van der Waals surface area contributed by atoms with E-state index in [0.29, 0.717) is 23.7 Å². The molecule has 8 heteroatoms. The van der Waals surface area contributed by atoms with Gasteiger partial charge in [0.05, 0.1) is 12.3 Å². The van der Waals surface area contributed by atoms with Crippen LogP contribution in [0.4, 0.5) is 5.95 Å². The van der Waals surface area contributed by atoms with Crippen molar-refractivity contribution in [1.82, 2.24) is 19.1 Å². The monoisotopic (exact) mass is 402 g/mol. The van der Waals surface area contributed by atoms with Gasteiger partial charge in [-0.2, -0.15) is 10.1 Å². The van der Waals surface area contributed by atoms with Crippen LogP contribution < -0.4 is 16.7 Å². The summed E-state index contributed by atoms with van der Waals surface area (Å²) in [5.74, 6) is 0.382. The van der Waals surface area contributed by atoms with Crippen molar-refractivity contribution in [2.75, 3.05) is 5.43 Å². The van der Waals surface area contributed by atoms with Crippen molar-refractivity contribution < 1.29 is 0 Å². The molecule has 8 nitrogen and oxygen atoms in total. The summed E-state index contributed by atoms with van der Waals surface area (Å²) in [7, 11) is 1.58. The molecule has 4 aromatic rings. The number of hydrazone groups is 1. The molecule has 152 valence electrons. The van der Waals surface area contributed by atoms with E-state index in [0.717, 1.165) is 22.4 Å². The number of aryl methyl sites for hydroxylation is 2. The van der Waals surface area contributed by atoms with Crippen LogP contribution in [0.1, 0.15) is 23.6 Å². The molecule has 2 aromatic heterocycles. The van der Waals surface area contributed by atoms with Crippen molar-refractivity contribution in [2.24, 2.45) is 12.1 Å². The lowest BCUT2D eigenvalue weighted by atomic mass is 10.1. The summed E-state index contributed by atoms with van der Waals surface area (Å²) in [5.41, 5.74) is 6.48. The Kier molecular flexibility index (Phi) is 5.05. The van der Waals surface area contributed by atoms with Gasteiger partial charge in [-0.05, 0) is 25.0 Å². The first kappa shape index (κ1) is 19.4. The molecule has 0 aliphatic heterocycles. The highest BCUT2D eigenvalue weighted by Gasteiger charge is 2.17. The Labute approximate surface area is 172 Å². The van der Waals surface area contributed by atoms with Gasteiger partial charge in [-0.25, -0.2) is 10.2 Å². The van der Waals surface area contributed by atoms with Gasteiger partial charge in [0, 0.05) is 7.05 Å². The fourth-order valence-corrected chi connectivity index (χ4v) is 3.23. The van der Waals surface area contributed by atoms with Crippen LogP contribution in [0.25, 0.3) is 11.2 Å². The standard InChI is InChI=1S/C22H22N6O2/c1-14-9-11-16(12-10-14)13-28-18-19(27(3)22(30)24-20(18)29)23-21(28)26-25-15(2)17-7-5-4-6-8-17/h4-12H,13H2,1-3H3,(H,23,26)(H,24,29,30)/b25-15+. The Morgan fingerprint density at radius 2 is 1.80 bits per heavy atom. The van der Waals surface area contributed by atoms with Crippen molar-refractivity contribution in [1.29, 1.82) is 0 Å². The zero-order chi connectivity index (χ0) is 21.3. The first-order valence-corrected chi connectivity index (χ1v) is 9.55. The average molecular weight is 402 g/mol. The van der Waals surface area contributed by atoms with E-state index in [4.69, 9.17) is 0 Å². The van der Waals surface area contributed by atoms with E-state index in [1.807, 2.05) is 68.4 Å². The molecule has 4 rings (SSSR count). The van der Waals surface area contributed by atoms with Gasteiger partial charge < -0.3 is 0 Å². The number of nitrogens with one attached hydrogen (secondary N) is 2. The van der Waals surface area contributed by atoms with E-state index in [1.165, 1.54) is 4.57 Å². The van der Waals surface area contributed by atoms with Crippen LogP contribution in [0.3, 0.4) is 0 Å². The third kappa shape index (κ3) is 3.67. The largest absolute Gasteiger partial charge is 0.329 e. The van der Waals surface area contributed by atoms with Gasteiger partial charge in [0.2, 0.25) is 5.95 Å². The van der Waals surface area contributed by atoms with Crippen molar-refractivity contribution in [3.05, 3.63) is 92.1 Å². The highest BCUT2D eigenvalue weighted by Crippen LogP contribution is 2.18. The van der Waals surface area contributed by atoms with Gasteiger partial charge in [-0.3, -0.25) is 18.9 Å². The molecule has 0 radical (unpaired) electrons. The average Bonchev–Trinajstić information content (AvgIpc) is 3.11. The predicted octanol–water partition coefficient (Wildman–Crippen LogP) is 2.62. The molecule has 0 saturated heterocycles. The Morgan fingerprint density at radius 1 is 1.10 bits per heavy atom. The quantitative estimate of drug-likeness (QED) is 0.396. The maximum Gasteiger partial charge on any atom is 0.329 e. The Bertz CT molecular complexity index is 1340. The number of H-pyrrole nitrogens is 1. The van der Waals surface area contributed by atoms with Crippen LogP contribution in [0, 0.1) is 6.92 Å². The third-order valence-electron chi connectivity index (χ3n) is 4.98. The number of aromatic nitrogens is 4. The molecule has 0 amide bonds. The van der Waals surface area contributed by atoms with E-state index < -0.39 is 11.2 Å². The summed E-state index contributed by atoms with van der Waals surface area (Å²) in [5, 5.41) is 4.44. The third-order valence-corrected chi connectivity index (χ3v) is 4.98. The minimum absolute atomic E-state index is 0.297. The van der Waals surface area contributed by atoms with Gasteiger partial charge in [-0.1, -0.05) is 60.2 Å². The lowest BCUT2D eigenvalue weighted by molar-refractivity contribution is 0.808. The number of hydrogen-bond acceptors (Lipinski definition) is 5. The minimum Gasteiger partial charge on any atom is -0.298 e. The van der Waals surface area contributed by atoms with E-state index in [9.17, 15) is 9.59 Å². The first-order chi connectivity index (χ1) is 14.4. The molecule has 2 N–H and O–H groups in total. The van der Waals surface area contributed by atoms with Crippen molar-refractivity contribution in [3.8, 4) is 0 Å². The number of hydrogen-bond donors (Lipinski definition) is 2. The molecule has 30 heavy (non-hydrogen) atoms. The number of imidazole rings is 1. The molecule has 0 fully saturated rings. The SMILES string of the molecule is C/C(=N\Nc1nc2c(c(=O)[nH]c(=O)n2C)n1Cc1ccc(C)cc1)c1ccccc1. The summed E-state index contributed by atoms with van der Waals surface area (Å²) < 4.78 is 3.06. The maximum atomic E-state index is 12.6. The molecular formula is C22H22N6O2. The number of rotatable bonds is 5. The van der Waals surface area contributed by atoms with E-state index in [1.54, 1.807) is 11.6 Å². The van der Waals surface area contributed by atoms with Crippen LogP contribution in [-0.2, 0) is 13.6 Å². The smallest absolute Gasteiger partial charge is 0.298 e. The number of aromatic amines is 1. The van der Waals surface area contributed by atoms with Gasteiger partial charge in [0.25, 0.3) is 5.56 Å². The second-order valence-corrected chi connectivity index (χ2v) is 7.17. The van der Waals surface area contributed by atoms with Gasteiger partial charge in [0.15, 0.2) is 11.2 Å². The summed E-state index contributed by atoms with van der Waals surface area (Å²) in [6, 6.07) is 17.8. The van der Waals surface area contributed by atoms with Crippen LogP contribution in [0.15, 0.2) is 69.3 Å². The zero-order valence-corrected chi connectivity index (χ0v) is 17.0. The molecule has 2 aromatic carbocycles. The summed E-state index contributed by atoms with van der Waals surface area (Å²) >= 11 is 0. The fraction of sp³-hybridized carbons (Fsp3) is 0.182. The van der Waals surface area contributed by atoms with Crippen LogP contribution in [0.2, 0.25) is 0 Å². The zero-order valence-electron chi connectivity index (χ0n) is 17.0. The first-order valence-electron chi connectivity index (χ1n) is 9.55. The number of benzene rings is 2. The van der Waals surface area contributed by atoms with Gasteiger partial charge in [0.1, 0.15) is 0 Å². The lowest BCUT2D eigenvalue weighted by Crippen LogP contribution is -2.29. The highest BCUT2D eigenvalue weighted by atomic mass is 16.2. The Morgan fingerprint density at radius 3 is 2.50 bits per heavy atom. The van der Waals surface area contributed by atoms with Crippen LogP contribution in [0.5, 0.6) is 0 Å². The Balaban J connectivity index is 1.82. The maximum absolute atomic E-state index is 12.6. The number of fused-ring (bicyclic) bond motifs is 1. The second kappa shape index (κ2) is 7.82. The highest BCUT2D eigenvalue weighted by molar-refractivity contribution is 5.99. The normalized spacial score (nSPS) is 11.8. The molecule has 0 saturated carbocycles. The topological polar surface area (TPSA) is 97.1 Å². The van der Waals surface area contributed by atoms with E-state index in [-0.39, 0.29) is 0 Å². The van der Waals surface area contributed by atoms with Crippen LogP contribution >= 0.6 is 0 Å². The molecule has 0 atom stereocenters. The summed E-state index contributed by atoms with van der Waals surface area (Å²) in [4.78, 5) is 31.5. The molecule has 2 heterocycles. The molecule has 0 aliphatic carbocycles. The molecular weight excluding hydrogens is 380 g/mol. The van der Waals surface area contributed by atoms with E-state index in [2.05, 4.69) is 20.5 Å². The van der Waals surface area contributed by atoms with Gasteiger partial charge in [-0.15, -0.1) is 0 Å². The number of nitrogens with zero attached hydrogens (tertiary/aromatic N) is 4. The van der Waals surface area contributed by atoms with Crippen LogP contribution in [-0.4, -0.2) is 24.8 Å². The van der Waals surface area contributed by atoms with Crippen molar-refractivity contribution >= 4 is 22.8 Å². The summed E-state index contributed by atoms with van der Waals surface area (Å²) in [6.07, 6.45) is 0. The number of anilines is 1. The van der Waals surface area contributed by atoms with Gasteiger partial charge >= 0.3 is 5.69 Å². The Hall–Kier alpha value is -3.94. The minimum atomic E-state index is -0.511. The molecule has 0 unspecified atom stereocenters.